The van der Waals surface area contributed by atoms with Crippen LogP contribution in [0, 0.1) is 18.8 Å². The highest BCUT2D eigenvalue weighted by atomic mass is 16.3. The molecule has 0 spiro atoms. The molecule has 3 aromatic rings. The Kier molecular flexibility index (Phi) is 6.34. The minimum Gasteiger partial charge on any atom is -0.389 e. The molecule has 1 fully saturated rings. The summed E-state index contributed by atoms with van der Waals surface area (Å²) < 4.78 is 1.58. The van der Waals surface area contributed by atoms with Crippen LogP contribution in [0.5, 0.6) is 0 Å². The second kappa shape index (κ2) is 9.23. The number of aromatic nitrogens is 2. The quantitative estimate of drug-likeness (QED) is 0.507. The maximum absolute atomic E-state index is 13.6. The fraction of sp³-hybridized carbons (Fsp3) is 0.308. The molecule has 0 unspecified atom stereocenters. The number of rotatable bonds is 5. The van der Waals surface area contributed by atoms with Crippen LogP contribution in [0.15, 0.2) is 66.9 Å². The lowest BCUT2D eigenvalue weighted by Gasteiger charge is -2.44. The van der Waals surface area contributed by atoms with E-state index in [1.807, 2.05) is 12.1 Å². The summed E-state index contributed by atoms with van der Waals surface area (Å²) in [5.41, 5.74) is 0.619. The number of benzene rings is 2. The molecule has 1 aliphatic rings. The zero-order valence-corrected chi connectivity index (χ0v) is 19.4. The number of anilines is 2. The van der Waals surface area contributed by atoms with Gasteiger partial charge in [0.1, 0.15) is 11.7 Å². The van der Waals surface area contributed by atoms with E-state index in [1.54, 1.807) is 73.4 Å². The lowest BCUT2D eigenvalue weighted by Crippen LogP contribution is -2.56. The second-order valence-electron chi connectivity index (χ2n) is 9.04. The largest absolute Gasteiger partial charge is 0.389 e. The first kappa shape index (κ1) is 23.4. The molecule has 4 rings (SSSR count). The molecule has 1 heterocycles. The SMILES string of the molecule is Cc1nn(C)cc1[C@@H]1[C@H](C(=O)Nc2ccccc2)C(=O)C[C@@](C)(O)[C@H]1C(=O)Nc1ccccc1. The van der Waals surface area contributed by atoms with Crippen molar-refractivity contribution in [3.8, 4) is 0 Å². The van der Waals surface area contributed by atoms with Gasteiger partial charge in [-0.3, -0.25) is 19.1 Å². The average molecular weight is 461 g/mol. The van der Waals surface area contributed by atoms with E-state index < -0.39 is 41.0 Å². The summed E-state index contributed by atoms with van der Waals surface area (Å²) in [5, 5.41) is 21.4. The Hall–Kier alpha value is -3.78. The first-order valence-electron chi connectivity index (χ1n) is 11.1. The Bertz CT molecular complexity index is 1200. The Morgan fingerprint density at radius 3 is 2.03 bits per heavy atom. The number of para-hydroxylation sites is 2. The summed E-state index contributed by atoms with van der Waals surface area (Å²) in [6.45, 7) is 3.24. The standard InChI is InChI=1S/C26H28N4O4/c1-16-19(15-30(3)29-16)21-22(24(32)27-17-10-6-4-7-11-17)20(31)14-26(2,34)23(21)25(33)28-18-12-8-5-9-13-18/h4-13,15,21-23,34H,14H2,1-3H3,(H,27,32)(H,28,33)/t21-,22-,23-,26-/m1/s1. The van der Waals surface area contributed by atoms with E-state index in [2.05, 4.69) is 15.7 Å². The van der Waals surface area contributed by atoms with E-state index in [9.17, 15) is 19.5 Å². The molecule has 176 valence electrons. The summed E-state index contributed by atoms with van der Waals surface area (Å²) in [6.07, 6.45) is 1.39. The second-order valence-corrected chi connectivity index (χ2v) is 9.04. The maximum atomic E-state index is 13.6. The van der Waals surface area contributed by atoms with Crippen molar-refractivity contribution in [2.75, 3.05) is 10.6 Å². The topological polar surface area (TPSA) is 113 Å². The molecule has 34 heavy (non-hydrogen) atoms. The van der Waals surface area contributed by atoms with Crippen molar-refractivity contribution in [2.24, 2.45) is 18.9 Å². The Morgan fingerprint density at radius 2 is 1.53 bits per heavy atom. The molecule has 1 aromatic heterocycles. The normalized spacial score (nSPS) is 24.5. The van der Waals surface area contributed by atoms with Crippen molar-refractivity contribution >= 4 is 29.0 Å². The fourth-order valence-corrected chi connectivity index (χ4v) is 4.89. The van der Waals surface area contributed by atoms with Crippen LogP contribution in [-0.2, 0) is 21.4 Å². The van der Waals surface area contributed by atoms with Gasteiger partial charge in [0.2, 0.25) is 11.8 Å². The first-order chi connectivity index (χ1) is 16.2. The molecule has 2 amide bonds. The van der Waals surface area contributed by atoms with E-state index in [-0.39, 0.29) is 6.42 Å². The number of nitrogens with zero attached hydrogens (tertiary/aromatic N) is 2. The number of amides is 2. The smallest absolute Gasteiger partial charge is 0.235 e. The zero-order valence-electron chi connectivity index (χ0n) is 19.4. The van der Waals surface area contributed by atoms with Gasteiger partial charge < -0.3 is 15.7 Å². The minimum atomic E-state index is -1.66. The minimum absolute atomic E-state index is 0.317. The summed E-state index contributed by atoms with van der Waals surface area (Å²) >= 11 is 0. The van der Waals surface area contributed by atoms with Gasteiger partial charge in [0.15, 0.2) is 0 Å². The molecule has 0 saturated heterocycles. The zero-order chi connectivity index (χ0) is 24.5. The van der Waals surface area contributed by atoms with Gasteiger partial charge in [0, 0.05) is 37.0 Å². The summed E-state index contributed by atoms with van der Waals surface area (Å²) in [4.78, 5) is 40.3. The van der Waals surface area contributed by atoms with Crippen LogP contribution in [0.3, 0.4) is 0 Å². The number of hydrogen-bond acceptors (Lipinski definition) is 5. The third kappa shape index (κ3) is 4.63. The van der Waals surface area contributed by atoms with E-state index in [4.69, 9.17) is 0 Å². The molecular weight excluding hydrogens is 432 g/mol. The molecule has 8 nitrogen and oxygen atoms in total. The van der Waals surface area contributed by atoms with Crippen molar-refractivity contribution in [2.45, 2.75) is 31.8 Å². The van der Waals surface area contributed by atoms with Gasteiger partial charge in [0.05, 0.1) is 17.2 Å². The highest BCUT2D eigenvalue weighted by molar-refractivity contribution is 6.10. The lowest BCUT2D eigenvalue weighted by atomic mass is 9.61. The number of carbonyl (C=O) groups excluding carboxylic acids is 3. The highest BCUT2D eigenvalue weighted by Gasteiger charge is 2.56. The van der Waals surface area contributed by atoms with Crippen molar-refractivity contribution in [3.63, 3.8) is 0 Å². The van der Waals surface area contributed by atoms with Crippen LogP contribution in [0.1, 0.15) is 30.5 Å². The average Bonchev–Trinajstić information content (AvgIpc) is 3.11. The number of Topliss-reactive ketones (excluding diaryl/α,β-unsaturated/α-hetero) is 1. The van der Waals surface area contributed by atoms with Crippen LogP contribution >= 0.6 is 0 Å². The lowest BCUT2D eigenvalue weighted by molar-refractivity contribution is -0.150. The Morgan fingerprint density at radius 1 is 1.00 bits per heavy atom. The molecule has 1 aliphatic carbocycles. The van der Waals surface area contributed by atoms with E-state index in [0.29, 0.717) is 22.6 Å². The first-order valence-corrected chi connectivity index (χ1v) is 11.1. The molecular formula is C26H28N4O4. The molecule has 2 aromatic carbocycles. The number of aryl methyl sites for hydroxylation is 2. The van der Waals surface area contributed by atoms with Gasteiger partial charge >= 0.3 is 0 Å². The molecule has 3 N–H and O–H groups in total. The van der Waals surface area contributed by atoms with Gasteiger partial charge in [-0.15, -0.1) is 0 Å². The number of nitrogens with one attached hydrogen (secondary N) is 2. The van der Waals surface area contributed by atoms with Crippen LogP contribution in [0.4, 0.5) is 11.4 Å². The number of ketones is 1. The number of carbonyl (C=O) groups is 3. The van der Waals surface area contributed by atoms with Crippen molar-refractivity contribution < 1.29 is 19.5 Å². The van der Waals surface area contributed by atoms with Gasteiger partial charge in [0.25, 0.3) is 0 Å². The van der Waals surface area contributed by atoms with Crippen LogP contribution in [-0.4, -0.2) is 38.1 Å². The number of hydrogen-bond donors (Lipinski definition) is 3. The maximum Gasteiger partial charge on any atom is 0.235 e. The molecule has 1 saturated carbocycles. The summed E-state index contributed by atoms with van der Waals surface area (Å²) in [5.74, 6) is -4.55. The summed E-state index contributed by atoms with van der Waals surface area (Å²) in [6, 6.07) is 17.7. The van der Waals surface area contributed by atoms with Crippen LogP contribution < -0.4 is 10.6 Å². The third-order valence-electron chi connectivity index (χ3n) is 6.33. The van der Waals surface area contributed by atoms with E-state index in [0.717, 1.165) is 0 Å². The fourth-order valence-electron chi connectivity index (χ4n) is 4.89. The highest BCUT2D eigenvalue weighted by Crippen LogP contribution is 2.47. The Balaban J connectivity index is 1.78. The molecule has 0 radical (unpaired) electrons. The van der Waals surface area contributed by atoms with Crippen molar-refractivity contribution in [1.82, 2.24) is 9.78 Å². The third-order valence-corrected chi connectivity index (χ3v) is 6.33. The van der Waals surface area contributed by atoms with Gasteiger partial charge in [-0.05, 0) is 43.7 Å². The summed E-state index contributed by atoms with van der Waals surface area (Å²) in [7, 11) is 1.73. The monoisotopic (exact) mass is 460 g/mol. The van der Waals surface area contributed by atoms with Crippen molar-refractivity contribution in [3.05, 3.63) is 78.1 Å². The van der Waals surface area contributed by atoms with Crippen molar-refractivity contribution in [1.29, 1.82) is 0 Å². The van der Waals surface area contributed by atoms with E-state index >= 15 is 0 Å². The molecule has 8 heteroatoms. The van der Waals surface area contributed by atoms with Gasteiger partial charge in [-0.2, -0.15) is 5.10 Å². The van der Waals surface area contributed by atoms with Crippen LogP contribution in [0.25, 0.3) is 0 Å². The van der Waals surface area contributed by atoms with Crippen LogP contribution in [0.2, 0.25) is 0 Å². The predicted octanol–water partition coefficient (Wildman–Crippen LogP) is 3.05. The molecule has 4 atom stereocenters. The molecule has 0 bridgehead atoms. The van der Waals surface area contributed by atoms with Gasteiger partial charge in [-0.25, -0.2) is 0 Å². The van der Waals surface area contributed by atoms with Gasteiger partial charge in [-0.1, -0.05) is 36.4 Å². The van der Waals surface area contributed by atoms with E-state index in [1.165, 1.54) is 6.92 Å². The predicted molar refractivity (Wildman–Crippen MR) is 128 cm³/mol. The Labute approximate surface area is 198 Å². The number of aliphatic hydroxyl groups is 1. The molecule has 0 aliphatic heterocycles.